The third kappa shape index (κ3) is 2.68. The molecule has 0 N–H and O–H groups in total. The number of hydrogen-bond donors (Lipinski definition) is 0. The number of rotatable bonds is 4. The zero-order valence-corrected chi connectivity index (χ0v) is 13.3. The van der Waals surface area contributed by atoms with E-state index >= 15 is 0 Å². The highest BCUT2D eigenvalue weighted by Crippen LogP contribution is 2.25. The minimum atomic E-state index is -0.107. The van der Waals surface area contributed by atoms with E-state index in [0.29, 0.717) is 0 Å². The third-order valence-corrected chi connectivity index (χ3v) is 4.00. The maximum Gasteiger partial charge on any atom is 0.127 e. The average molecular weight is 303 g/mol. The first-order valence-corrected chi connectivity index (χ1v) is 7.57. The number of aromatic nitrogens is 4. The molecule has 0 saturated heterocycles. The van der Waals surface area contributed by atoms with Crippen LogP contribution in [0.1, 0.15) is 29.4 Å². The number of imidazole rings is 1. The molecule has 0 aliphatic rings. The first-order chi connectivity index (χ1) is 10.1. The van der Waals surface area contributed by atoms with Crippen LogP contribution in [0.15, 0.2) is 30.5 Å². The smallest absolute Gasteiger partial charge is 0.127 e. The summed E-state index contributed by atoms with van der Waals surface area (Å²) in [7, 11) is 1.97. The van der Waals surface area contributed by atoms with Crippen LogP contribution < -0.4 is 0 Å². The molecule has 0 aliphatic carbocycles. The van der Waals surface area contributed by atoms with Crippen molar-refractivity contribution in [1.29, 1.82) is 0 Å². The van der Waals surface area contributed by atoms with Gasteiger partial charge in [-0.05, 0) is 37.6 Å². The number of benzene rings is 1. The van der Waals surface area contributed by atoms with E-state index < -0.39 is 0 Å². The molecule has 1 unspecified atom stereocenters. The van der Waals surface area contributed by atoms with E-state index in [9.17, 15) is 0 Å². The van der Waals surface area contributed by atoms with Crippen molar-refractivity contribution < 1.29 is 0 Å². The summed E-state index contributed by atoms with van der Waals surface area (Å²) in [6.07, 6.45) is 2.74. The second kappa shape index (κ2) is 5.53. The van der Waals surface area contributed by atoms with Gasteiger partial charge in [0, 0.05) is 31.9 Å². The van der Waals surface area contributed by atoms with Gasteiger partial charge in [-0.1, -0.05) is 6.07 Å². The molecule has 110 valence electrons. The van der Waals surface area contributed by atoms with Crippen LogP contribution in [0.4, 0.5) is 0 Å². The lowest BCUT2D eigenvalue weighted by atomic mass is 10.2. The summed E-state index contributed by atoms with van der Waals surface area (Å²) in [6.45, 7) is 4.90. The fourth-order valence-electron chi connectivity index (χ4n) is 2.67. The lowest BCUT2D eigenvalue weighted by molar-refractivity contribution is 0.624. The van der Waals surface area contributed by atoms with Crippen molar-refractivity contribution in [1.82, 2.24) is 19.3 Å². The zero-order valence-electron chi connectivity index (χ0n) is 12.5. The van der Waals surface area contributed by atoms with Crippen molar-refractivity contribution in [2.45, 2.75) is 32.2 Å². The summed E-state index contributed by atoms with van der Waals surface area (Å²) in [5.41, 5.74) is 4.58. The summed E-state index contributed by atoms with van der Waals surface area (Å²) in [5.74, 6) is 0.930. The van der Waals surface area contributed by atoms with Crippen LogP contribution in [-0.2, 0) is 20.0 Å². The van der Waals surface area contributed by atoms with E-state index in [1.807, 2.05) is 30.9 Å². The summed E-state index contributed by atoms with van der Waals surface area (Å²) in [4.78, 5) is 4.70. The Morgan fingerprint density at radius 2 is 2.10 bits per heavy atom. The van der Waals surface area contributed by atoms with E-state index in [0.717, 1.165) is 29.8 Å². The Bertz CT molecular complexity index is 770. The molecule has 1 atom stereocenters. The Kier molecular flexibility index (Phi) is 3.72. The minimum Gasteiger partial charge on any atom is -0.326 e. The molecule has 1 aromatic carbocycles. The van der Waals surface area contributed by atoms with E-state index in [-0.39, 0.29) is 5.38 Å². The zero-order chi connectivity index (χ0) is 15.0. The number of hydrogen-bond acceptors (Lipinski definition) is 2. The van der Waals surface area contributed by atoms with E-state index in [4.69, 9.17) is 16.6 Å². The Balaban J connectivity index is 1.99. The lowest BCUT2D eigenvalue weighted by Gasteiger charge is -2.10. The monoisotopic (exact) mass is 302 g/mol. The topological polar surface area (TPSA) is 35.6 Å². The van der Waals surface area contributed by atoms with Gasteiger partial charge >= 0.3 is 0 Å². The molecule has 2 aromatic heterocycles. The Morgan fingerprint density at radius 1 is 1.29 bits per heavy atom. The van der Waals surface area contributed by atoms with Gasteiger partial charge in [0.25, 0.3) is 0 Å². The number of nitrogens with zero attached hydrogens (tertiary/aromatic N) is 4. The van der Waals surface area contributed by atoms with E-state index in [2.05, 4.69) is 34.8 Å². The second-order valence-electron chi connectivity index (χ2n) is 5.43. The molecular weight excluding hydrogens is 284 g/mol. The number of aryl methyl sites for hydroxylation is 4. The van der Waals surface area contributed by atoms with Crippen molar-refractivity contribution in [3.05, 3.63) is 47.5 Å². The van der Waals surface area contributed by atoms with Crippen molar-refractivity contribution in [3.8, 4) is 0 Å². The normalized spacial score (nSPS) is 13.0. The van der Waals surface area contributed by atoms with Crippen molar-refractivity contribution in [2.24, 2.45) is 7.05 Å². The number of fused-ring (bicyclic) bond motifs is 1. The molecule has 2 heterocycles. The maximum absolute atomic E-state index is 6.31. The van der Waals surface area contributed by atoms with Crippen LogP contribution in [0.25, 0.3) is 11.0 Å². The Hall–Kier alpha value is -1.81. The van der Waals surface area contributed by atoms with Crippen LogP contribution in [0, 0.1) is 6.92 Å². The van der Waals surface area contributed by atoms with Crippen molar-refractivity contribution in [2.75, 3.05) is 0 Å². The van der Waals surface area contributed by atoms with Gasteiger partial charge in [0.05, 0.1) is 16.4 Å². The Morgan fingerprint density at radius 3 is 2.76 bits per heavy atom. The third-order valence-electron chi connectivity index (χ3n) is 3.80. The van der Waals surface area contributed by atoms with Gasteiger partial charge in [-0.25, -0.2) is 4.98 Å². The summed E-state index contributed by atoms with van der Waals surface area (Å²) in [6, 6.07) is 8.41. The first-order valence-electron chi connectivity index (χ1n) is 7.14. The summed E-state index contributed by atoms with van der Waals surface area (Å²) < 4.78 is 4.13. The molecule has 3 aromatic rings. The molecule has 0 aliphatic heterocycles. The highest BCUT2D eigenvalue weighted by molar-refractivity contribution is 6.20. The van der Waals surface area contributed by atoms with Crippen LogP contribution in [0.2, 0.25) is 0 Å². The van der Waals surface area contributed by atoms with Gasteiger partial charge in [-0.2, -0.15) is 5.10 Å². The molecular formula is C16H19ClN4. The molecule has 5 heteroatoms. The SMILES string of the molecule is Cc1ccc2c(c1)nc(C(C)Cl)n2CCc1ccnn1C. The fraction of sp³-hybridized carbons (Fsp3) is 0.375. The largest absolute Gasteiger partial charge is 0.326 e. The summed E-state index contributed by atoms with van der Waals surface area (Å²) >= 11 is 6.31. The fourth-order valence-corrected chi connectivity index (χ4v) is 2.84. The molecule has 0 amide bonds. The molecule has 0 bridgehead atoms. The van der Waals surface area contributed by atoms with Crippen molar-refractivity contribution in [3.63, 3.8) is 0 Å². The van der Waals surface area contributed by atoms with E-state index in [1.165, 1.54) is 11.3 Å². The van der Waals surface area contributed by atoms with Crippen LogP contribution >= 0.6 is 11.6 Å². The molecule has 0 spiro atoms. The lowest BCUT2D eigenvalue weighted by Crippen LogP contribution is -2.09. The number of alkyl halides is 1. The van der Waals surface area contributed by atoms with Gasteiger partial charge in [0.1, 0.15) is 5.82 Å². The number of halogens is 1. The quantitative estimate of drug-likeness (QED) is 0.690. The maximum atomic E-state index is 6.31. The van der Waals surface area contributed by atoms with Crippen LogP contribution in [0.3, 0.4) is 0 Å². The van der Waals surface area contributed by atoms with Crippen LogP contribution in [0.5, 0.6) is 0 Å². The molecule has 0 fully saturated rings. The predicted octanol–water partition coefficient (Wildman–Crippen LogP) is 3.62. The van der Waals surface area contributed by atoms with Gasteiger partial charge in [-0.3, -0.25) is 4.68 Å². The van der Waals surface area contributed by atoms with Gasteiger partial charge in [0.2, 0.25) is 0 Å². The summed E-state index contributed by atoms with van der Waals surface area (Å²) in [5, 5.41) is 4.11. The van der Waals surface area contributed by atoms with E-state index in [1.54, 1.807) is 0 Å². The first kappa shape index (κ1) is 14.1. The standard InChI is InChI=1S/C16H19ClN4/c1-11-4-5-15-14(10-11)19-16(12(2)17)21(15)9-7-13-6-8-18-20(13)3/h4-6,8,10,12H,7,9H2,1-3H3. The van der Waals surface area contributed by atoms with Crippen molar-refractivity contribution >= 4 is 22.6 Å². The molecule has 0 radical (unpaired) electrons. The molecule has 21 heavy (non-hydrogen) atoms. The molecule has 0 saturated carbocycles. The highest BCUT2D eigenvalue weighted by atomic mass is 35.5. The second-order valence-corrected chi connectivity index (χ2v) is 6.08. The molecule has 3 rings (SSSR count). The van der Waals surface area contributed by atoms with Crippen LogP contribution in [-0.4, -0.2) is 19.3 Å². The van der Waals surface area contributed by atoms with Gasteiger partial charge < -0.3 is 4.57 Å². The van der Waals surface area contributed by atoms with Gasteiger partial charge in [-0.15, -0.1) is 11.6 Å². The molecule has 4 nitrogen and oxygen atoms in total. The highest BCUT2D eigenvalue weighted by Gasteiger charge is 2.15. The predicted molar refractivity (Wildman–Crippen MR) is 85.7 cm³/mol. The van der Waals surface area contributed by atoms with Gasteiger partial charge in [0.15, 0.2) is 0 Å². The average Bonchev–Trinajstić information content (AvgIpc) is 2.99. The minimum absolute atomic E-state index is 0.107. The Labute approximate surface area is 129 Å².